The highest BCUT2D eigenvalue weighted by Crippen LogP contribution is 2.20. The number of hydrogen-bond donors (Lipinski definition) is 2. The maximum Gasteiger partial charge on any atom is 0.120 e. The largest absolute Gasteiger partial charge is 0.494 e. The molecule has 2 rings (SSSR count). The lowest BCUT2D eigenvalue weighted by molar-refractivity contribution is 0.340. The summed E-state index contributed by atoms with van der Waals surface area (Å²) in [6.45, 7) is 3.42. The van der Waals surface area contributed by atoms with Crippen molar-refractivity contribution in [3.63, 3.8) is 0 Å². The van der Waals surface area contributed by atoms with Crippen LogP contribution in [-0.4, -0.2) is 23.6 Å². The van der Waals surface area contributed by atoms with Crippen LogP contribution in [0.15, 0.2) is 30.5 Å². The SMILES string of the molecule is CCOc1ccc(-c2cnc(CNC)[nH]2)cc1. The third kappa shape index (κ3) is 2.85. The van der Waals surface area contributed by atoms with E-state index in [0.29, 0.717) is 6.61 Å². The lowest BCUT2D eigenvalue weighted by Crippen LogP contribution is -2.06. The quantitative estimate of drug-likeness (QED) is 0.829. The second-order valence-electron chi connectivity index (χ2n) is 3.73. The number of benzene rings is 1. The molecule has 0 saturated carbocycles. The van der Waals surface area contributed by atoms with E-state index in [0.717, 1.165) is 29.4 Å². The molecule has 90 valence electrons. The number of ether oxygens (including phenoxy) is 1. The molecule has 0 bridgehead atoms. The monoisotopic (exact) mass is 231 g/mol. The van der Waals surface area contributed by atoms with Crippen molar-refractivity contribution in [2.75, 3.05) is 13.7 Å². The van der Waals surface area contributed by atoms with E-state index in [1.54, 1.807) is 0 Å². The lowest BCUT2D eigenvalue weighted by atomic mass is 10.2. The molecule has 0 spiro atoms. The van der Waals surface area contributed by atoms with Crippen molar-refractivity contribution in [2.24, 2.45) is 0 Å². The van der Waals surface area contributed by atoms with Gasteiger partial charge in [0.1, 0.15) is 11.6 Å². The smallest absolute Gasteiger partial charge is 0.120 e. The molecular formula is C13H17N3O. The van der Waals surface area contributed by atoms with Crippen LogP contribution in [0.2, 0.25) is 0 Å². The van der Waals surface area contributed by atoms with Gasteiger partial charge in [-0.1, -0.05) is 0 Å². The number of aromatic nitrogens is 2. The molecule has 1 heterocycles. The Balaban J connectivity index is 2.15. The van der Waals surface area contributed by atoms with Gasteiger partial charge in [-0.25, -0.2) is 4.98 Å². The molecule has 4 nitrogen and oxygen atoms in total. The molecule has 0 aliphatic rings. The van der Waals surface area contributed by atoms with Gasteiger partial charge in [-0.05, 0) is 43.8 Å². The maximum atomic E-state index is 5.40. The summed E-state index contributed by atoms with van der Waals surface area (Å²) in [7, 11) is 1.90. The summed E-state index contributed by atoms with van der Waals surface area (Å²) in [5.74, 6) is 1.84. The Morgan fingerprint density at radius 2 is 2.06 bits per heavy atom. The van der Waals surface area contributed by atoms with Crippen molar-refractivity contribution in [1.29, 1.82) is 0 Å². The van der Waals surface area contributed by atoms with Gasteiger partial charge in [0, 0.05) is 0 Å². The summed E-state index contributed by atoms with van der Waals surface area (Å²) in [5, 5.41) is 3.06. The average Bonchev–Trinajstić information content (AvgIpc) is 2.80. The Bertz CT molecular complexity index is 462. The number of rotatable bonds is 5. The third-order valence-electron chi connectivity index (χ3n) is 2.45. The second-order valence-corrected chi connectivity index (χ2v) is 3.73. The molecule has 0 unspecified atom stereocenters. The number of H-pyrrole nitrogens is 1. The Kier molecular flexibility index (Phi) is 3.77. The van der Waals surface area contributed by atoms with E-state index in [-0.39, 0.29) is 0 Å². The highest BCUT2D eigenvalue weighted by Gasteiger charge is 2.02. The second kappa shape index (κ2) is 5.50. The molecule has 0 radical (unpaired) electrons. The zero-order valence-corrected chi connectivity index (χ0v) is 10.2. The summed E-state index contributed by atoms with van der Waals surface area (Å²) in [6.07, 6.45) is 1.85. The Hall–Kier alpha value is -1.81. The minimum absolute atomic E-state index is 0.690. The van der Waals surface area contributed by atoms with Crippen molar-refractivity contribution in [2.45, 2.75) is 13.5 Å². The van der Waals surface area contributed by atoms with Crippen molar-refractivity contribution in [1.82, 2.24) is 15.3 Å². The molecule has 1 aromatic heterocycles. The topological polar surface area (TPSA) is 49.9 Å². The van der Waals surface area contributed by atoms with E-state index < -0.39 is 0 Å². The van der Waals surface area contributed by atoms with Crippen LogP contribution in [0.5, 0.6) is 5.75 Å². The molecule has 0 fully saturated rings. The van der Waals surface area contributed by atoms with Crippen LogP contribution in [0.3, 0.4) is 0 Å². The molecule has 17 heavy (non-hydrogen) atoms. The first-order valence-corrected chi connectivity index (χ1v) is 5.75. The number of imidazole rings is 1. The van der Waals surface area contributed by atoms with Crippen molar-refractivity contribution in [3.05, 3.63) is 36.3 Å². The molecule has 0 aliphatic heterocycles. The molecular weight excluding hydrogens is 214 g/mol. The third-order valence-corrected chi connectivity index (χ3v) is 2.45. The molecule has 1 aromatic carbocycles. The summed E-state index contributed by atoms with van der Waals surface area (Å²) >= 11 is 0. The van der Waals surface area contributed by atoms with Crippen molar-refractivity contribution in [3.8, 4) is 17.0 Å². The number of nitrogens with zero attached hydrogens (tertiary/aromatic N) is 1. The standard InChI is InChI=1S/C13H17N3O/c1-3-17-11-6-4-10(5-7-11)12-8-15-13(16-12)9-14-2/h4-8,14H,3,9H2,1-2H3,(H,15,16). The average molecular weight is 231 g/mol. The molecule has 0 saturated heterocycles. The van der Waals surface area contributed by atoms with Crippen molar-refractivity contribution < 1.29 is 4.74 Å². The van der Waals surface area contributed by atoms with Crippen LogP contribution in [0.1, 0.15) is 12.7 Å². The van der Waals surface area contributed by atoms with Gasteiger partial charge in [-0.2, -0.15) is 0 Å². The van der Waals surface area contributed by atoms with Gasteiger partial charge in [0.15, 0.2) is 0 Å². The zero-order valence-electron chi connectivity index (χ0n) is 10.2. The fraction of sp³-hybridized carbons (Fsp3) is 0.308. The van der Waals surface area contributed by atoms with Gasteiger partial charge in [0.05, 0.1) is 25.0 Å². The first kappa shape index (κ1) is 11.7. The Morgan fingerprint density at radius 1 is 1.29 bits per heavy atom. The van der Waals surface area contributed by atoms with Crippen LogP contribution < -0.4 is 10.1 Å². The first-order chi connectivity index (χ1) is 8.33. The van der Waals surface area contributed by atoms with Crippen molar-refractivity contribution >= 4 is 0 Å². The van der Waals surface area contributed by atoms with Crippen LogP contribution in [0.4, 0.5) is 0 Å². The van der Waals surface area contributed by atoms with E-state index >= 15 is 0 Å². The molecule has 0 amide bonds. The predicted octanol–water partition coefficient (Wildman–Crippen LogP) is 2.19. The lowest BCUT2D eigenvalue weighted by Gasteiger charge is -2.03. The Labute approximate surface area is 101 Å². The molecule has 2 aromatic rings. The highest BCUT2D eigenvalue weighted by molar-refractivity contribution is 5.59. The van der Waals surface area contributed by atoms with Crippen LogP contribution in [-0.2, 0) is 6.54 Å². The van der Waals surface area contributed by atoms with Crippen LogP contribution in [0, 0.1) is 0 Å². The first-order valence-electron chi connectivity index (χ1n) is 5.75. The Morgan fingerprint density at radius 3 is 2.71 bits per heavy atom. The molecule has 4 heteroatoms. The minimum atomic E-state index is 0.690. The molecule has 0 aliphatic carbocycles. The van der Waals surface area contributed by atoms with Gasteiger partial charge in [0.25, 0.3) is 0 Å². The van der Waals surface area contributed by atoms with Crippen LogP contribution in [0.25, 0.3) is 11.3 Å². The normalized spacial score (nSPS) is 10.5. The fourth-order valence-electron chi connectivity index (χ4n) is 1.66. The molecule has 2 N–H and O–H groups in total. The minimum Gasteiger partial charge on any atom is -0.494 e. The van der Waals surface area contributed by atoms with E-state index in [9.17, 15) is 0 Å². The number of nitrogens with one attached hydrogen (secondary N) is 2. The number of hydrogen-bond acceptors (Lipinski definition) is 3. The van der Waals surface area contributed by atoms with Crippen LogP contribution >= 0.6 is 0 Å². The van der Waals surface area contributed by atoms with E-state index in [1.165, 1.54) is 0 Å². The molecule has 0 atom stereocenters. The van der Waals surface area contributed by atoms with E-state index in [2.05, 4.69) is 15.3 Å². The fourth-order valence-corrected chi connectivity index (χ4v) is 1.66. The van der Waals surface area contributed by atoms with E-state index in [4.69, 9.17) is 4.74 Å². The number of aromatic amines is 1. The summed E-state index contributed by atoms with van der Waals surface area (Å²) in [5.41, 5.74) is 2.14. The summed E-state index contributed by atoms with van der Waals surface area (Å²) in [6, 6.07) is 8.00. The summed E-state index contributed by atoms with van der Waals surface area (Å²) in [4.78, 5) is 7.56. The maximum absolute atomic E-state index is 5.40. The van der Waals surface area contributed by atoms with Gasteiger partial charge in [0.2, 0.25) is 0 Å². The van der Waals surface area contributed by atoms with Gasteiger partial charge >= 0.3 is 0 Å². The van der Waals surface area contributed by atoms with Gasteiger partial charge in [-0.3, -0.25) is 0 Å². The van der Waals surface area contributed by atoms with E-state index in [1.807, 2.05) is 44.4 Å². The van der Waals surface area contributed by atoms with Gasteiger partial charge in [-0.15, -0.1) is 0 Å². The summed E-state index contributed by atoms with van der Waals surface area (Å²) < 4.78 is 5.40. The van der Waals surface area contributed by atoms with Gasteiger partial charge < -0.3 is 15.0 Å². The predicted molar refractivity (Wildman–Crippen MR) is 68.0 cm³/mol. The zero-order chi connectivity index (χ0) is 12.1. The highest BCUT2D eigenvalue weighted by atomic mass is 16.5.